The quantitative estimate of drug-likeness (QED) is 0.779. The maximum absolute atomic E-state index is 5.47. The lowest BCUT2D eigenvalue weighted by Gasteiger charge is -2.10. The Bertz CT molecular complexity index is 273. The SMILES string of the molecule is Cc1ccnc(OC(C)C)c1Br. The number of ether oxygens (including phenoxy) is 1. The molecule has 1 rings (SSSR count). The van der Waals surface area contributed by atoms with Gasteiger partial charge in [-0.1, -0.05) is 0 Å². The summed E-state index contributed by atoms with van der Waals surface area (Å²) in [5, 5.41) is 0. The van der Waals surface area contributed by atoms with E-state index in [2.05, 4.69) is 20.9 Å². The van der Waals surface area contributed by atoms with Crippen molar-refractivity contribution < 1.29 is 4.74 Å². The fraction of sp³-hybridized carbons (Fsp3) is 0.444. The summed E-state index contributed by atoms with van der Waals surface area (Å²) >= 11 is 3.42. The predicted octanol–water partition coefficient (Wildman–Crippen LogP) is 2.94. The van der Waals surface area contributed by atoms with Gasteiger partial charge in [-0.05, 0) is 48.3 Å². The van der Waals surface area contributed by atoms with Gasteiger partial charge in [0.1, 0.15) is 0 Å². The van der Waals surface area contributed by atoms with Gasteiger partial charge in [-0.2, -0.15) is 0 Å². The lowest BCUT2D eigenvalue weighted by molar-refractivity contribution is 0.231. The number of nitrogens with zero attached hydrogens (tertiary/aromatic N) is 1. The summed E-state index contributed by atoms with van der Waals surface area (Å²) in [6.45, 7) is 5.98. The van der Waals surface area contributed by atoms with Crippen LogP contribution in [0.1, 0.15) is 19.4 Å². The van der Waals surface area contributed by atoms with Gasteiger partial charge in [-0.3, -0.25) is 0 Å². The van der Waals surface area contributed by atoms with Gasteiger partial charge in [0.25, 0.3) is 0 Å². The van der Waals surface area contributed by atoms with E-state index in [1.54, 1.807) is 6.20 Å². The molecule has 2 nitrogen and oxygen atoms in total. The molecule has 0 unspecified atom stereocenters. The highest BCUT2D eigenvalue weighted by atomic mass is 79.9. The Morgan fingerprint density at radius 2 is 2.17 bits per heavy atom. The molecule has 0 atom stereocenters. The van der Waals surface area contributed by atoms with Crippen LogP contribution in [0.2, 0.25) is 0 Å². The fourth-order valence-electron chi connectivity index (χ4n) is 0.821. The minimum atomic E-state index is 0.163. The average Bonchev–Trinajstić information content (AvgIpc) is 1.98. The highest BCUT2D eigenvalue weighted by molar-refractivity contribution is 9.10. The first-order valence-corrected chi connectivity index (χ1v) is 4.68. The molecule has 1 aromatic rings. The lowest BCUT2D eigenvalue weighted by Crippen LogP contribution is -2.07. The van der Waals surface area contributed by atoms with Crippen LogP contribution in [-0.2, 0) is 0 Å². The molecular formula is C9H12BrNO. The number of aromatic nitrogens is 1. The van der Waals surface area contributed by atoms with Crippen LogP contribution in [0, 0.1) is 6.92 Å². The first-order chi connectivity index (χ1) is 5.61. The average molecular weight is 230 g/mol. The molecule has 3 heteroatoms. The molecule has 1 aromatic heterocycles. The first kappa shape index (κ1) is 9.52. The highest BCUT2D eigenvalue weighted by Crippen LogP contribution is 2.25. The second kappa shape index (κ2) is 3.90. The maximum Gasteiger partial charge on any atom is 0.228 e. The van der Waals surface area contributed by atoms with Crippen molar-refractivity contribution in [2.45, 2.75) is 26.9 Å². The molecule has 0 N–H and O–H groups in total. The molecule has 12 heavy (non-hydrogen) atoms. The van der Waals surface area contributed by atoms with Crippen LogP contribution in [0.25, 0.3) is 0 Å². The molecule has 0 aromatic carbocycles. The van der Waals surface area contributed by atoms with Crippen LogP contribution >= 0.6 is 15.9 Å². The van der Waals surface area contributed by atoms with Gasteiger partial charge < -0.3 is 4.74 Å². The van der Waals surface area contributed by atoms with Crippen molar-refractivity contribution in [2.24, 2.45) is 0 Å². The third-order valence-corrected chi connectivity index (χ3v) is 2.36. The lowest BCUT2D eigenvalue weighted by atomic mass is 10.3. The molecular weight excluding hydrogens is 218 g/mol. The Balaban J connectivity index is 2.92. The zero-order valence-electron chi connectivity index (χ0n) is 7.47. The summed E-state index contributed by atoms with van der Waals surface area (Å²) in [7, 11) is 0. The normalized spacial score (nSPS) is 10.4. The number of rotatable bonds is 2. The minimum absolute atomic E-state index is 0.163. The number of halogens is 1. The monoisotopic (exact) mass is 229 g/mol. The van der Waals surface area contributed by atoms with Gasteiger partial charge in [0, 0.05) is 6.20 Å². The molecule has 1 heterocycles. The summed E-state index contributed by atoms with van der Waals surface area (Å²) in [5.74, 6) is 0.671. The van der Waals surface area contributed by atoms with Crippen LogP contribution in [0.5, 0.6) is 5.88 Å². The Kier molecular flexibility index (Phi) is 3.09. The predicted molar refractivity (Wildman–Crippen MR) is 52.4 cm³/mol. The van der Waals surface area contributed by atoms with Crippen molar-refractivity contribution in [3.8, 4) is 5.88 Å². The molecule has 0 radical (unpaired) electrons. The van der Waals surface area contributed by atoms with Gasteiger partial charge >= 0.3 is 0 Å². The number of hydrogen-bond acceptors (Lipinski definition) is 2. The van der Waals surface area contributed by atoms with E-state index >= 15 is 0 Å². The van der Waals surface area contributed by atoms with Crippen molar-refractivity contribution >= 4 is 15.9 Å². The van der Waals surface area contributed by atoms with Crippen LogP contribution in [0.15, 0.2) is 16.7 Å². The van der Waals surface area contributed by atoms with E-state index in [0.29, 0.717) is 5.88 Å². The van der Waals surface area contributed by atoms with E-state index in [0.717, 1.165) is 10.0 Å². The molecule has 0 spiro atoms. The van der Waals surface area contributed by atoms with Crippen LogP contribution in [0.4, 0.5) is 0 Å². The Morgan fingerprint density at radius 1 is 1.50 bits per heavy atom. The molecule has 0 aliphatic heterocycles. The summed E-state index contributed by atoms with van der Waals surface area (Å²) < 4.78 is 6.41. The number of aryl methyl sites for hydroxylation is 1. The molecule has 0 amide bonds. The van der Waals surface area contributed by atoms with Crippen molar-refractivity contribution in [1.29, 1.82) is 0 Å². The van der Waals surface area contributed by atoms with Gasteiger partial charge in [-0.25, -0.2) is 4.98 Å². The van der Waals surface area contributed by atoms with E-state index in [1.165, 1.54) is 0 Å². The van der Waals surface area contributed by atoms with Crippen molar-refractivity contribution in [2.75, 3.05) is 0 Å². The zero-order valence-corrected chi connectivity index (χ0v) is 9.05. The molecule has 0 saturated carbocycles. The molecule has 66 valence electrons. The highest BCUT2D eigenvalue weighted by Gasteiger charge is 2.05. The van der Waals surface area contributed by atoms with Gasteiger partial charge in [0.15, 0.2) is 0 Å². The van der Waals surface area contributed by atoms with E-state index in [1.807, 2.05) is 26.8 Å². The molecule has 0 aliphatic rings. The molecule has 0 aliphatic carbocycles. The smallest absolute Gasteiger partial charge is 0.228 e. The standard InChI is InChI=1S/C9H12BrNO/c1-6(2)12-9-8(10)7(3)4-5-11-9/h4-6H,1-3H3. The minimum Gasteiger partial charge on any atom is -0.474 e. The van der Waals surface area contributed by atoms with Crippen LogP contribution in [0.3, 0.4) is 0 Å². The Hall–Kier alpha value is -0.570. The summed E-state index contributed by atoms with van der Waals surface area (Å²) in [6, 6.07) is 1.94. The van der Waals surface area contributed by atoms with Gasteiger partial charge in [0.2, 0.25) is 5.88 Å². The Morgan fingerprint density at radius 3 is 2.75 bits per heavy atom. The topological polar surface area (TPSA) is 22.1 Å². The fourth-order valence-corrected chi connectivity index (χ4v) is 1.15. The molecule has 0 bridgehead atoms. The number of hydrogen-bond donors (Lipinski definition) is 0. The summed E-state index contributed by atoms with van der Waals surface area (Å²) in [5.41, 5.74) is 1.14. The van der Waals surface area contributed by atoms with Gasteiger partial charge in [0.05, 0.1) is 10.6 Å². The maximum atomic E-state index is 5.47. The van der Waals surface area contributed by atoms with Gasteiger partial charge in [-0.15, -0.1) is 0 Å². The third-order valence-electron chi connectivity index (χ3n) is 1.40. The van der Waals surface area contributed by atoms with E-state index in [-0.39, 0.29) is 6.10 Å². The van der Waals surface area contributed by atoms with Crippen LogP contribution in [-0.4, -0.2) is 11.1 Å². The van der Waals surface area contributed by atoms with Crippen molar-refractivity contribution in [3.63, 3.8) is 0 Å². The second-order valence-corrected chi connectivity index (χ2v) is 3.71. The first-order valence-electron chi connectivity index (χ1n) is 3.89. The third kappa shape index (κ3) is 2.21. The number of pyridine rings is 1. The summed E-state index contributed by atoms with van der Waals surface area (Å²) in [6.07, 6.45) is 1.91. The van der Waals surface area contributed by atoms with E-state index in [4.69, 9.17) is 4.74 Å². The van der Waals surface area contributed by atoms with E-state index < -0.39 is 0 Å². The van der Waals surface area contributed by atoms with Crippen LogP contribution < -0.4 is 4.74 Å². The van der Waals surface area contributed by atoms with Crippen molar-refractivity contribution in [1.82, 2.24) is 4.98 Å². The van der Waals surface area contributed by atoms with E-state index in [9.17, 15) is 0 Å². The second-order valence-electron chi connectivity index (χ2n) is 2.91. The molecule has 0 fully saturated rings. The van der Waals surface area contributed by atoms with Crippen molar-refractivity contribution in [3.05, 3.63) is 22.3 Å². The zero-order chi connectivity index (χ0) is 9.14. The summed E-state index contributed by atoms with van der Waals surface area (Å²) in [4.78, 5) is 4.11. The molecule has 0 saturated heterocycles. The Labute approximate surface area is 81.1 Å². The largest absolute Gasteiger partial charge is 0.474 e.